The fourth-order valence-electron chi connectivity index (χ4n) is 2.07. The average Bonchev–Trinajstić information content (AvgIpc) is 2.77. The lowest BCUT2D eigenvalue weighted by Crippen LogP contribution is -2.48. The molecule has 0 spiro atoms. The largest absolute Gasteiger partial charge is 0.423 e. The Labute approximate surface area is 112 Å². The lowest BCUT2D eigenvalue weighted by atomic mass is 10.00. The van der Waals surface area contributed by atoms with Gasteiger partial charge in [-0.2, -0.15) is 26.3 Å². The molecule has 0 amide bonds. The third-order valence-corrected chi connectivity index (χ3v) is 3.04. The summed E-state index contributed by atoms with van der Waals surface area (Å²) in [6, 6.07) is -0.588. The number of nitrogens with one attached hydrogen (secondary N) is 1. The van der Waals surface area contributed by atoms with Gasteiger partial charge < -0.3 is 14.8 Å². The van der Waals surface area contributed by atoms with Gasteiger partial charge in [0.25, 0.3) is 0 Å². The molecule has 1 saturated heterocycles. The second-order valence-electron chi connectivity index (χ2n) is 4.58. The molecule has 3 nitrogen and oxygen atoms in total. The highest BCUT2D eigenvalue weighted by atomic mass is 19.4. The third-order valence-electron chi connectivity index (χ3n) is 3.04. The van der Waals surface area contributed by atoms with Crippen molar-refractivity contribution >= 4 is 0 Å². The van der Waals surface area contributed by atoms with E-state index in [4.69, 9.17) is 4.74 Å². The van der Waals surface area contributed by atoms with Crippen molar-refractivity contribution in [3.8, 4) is 0 Å². The van der Waals surface area contributed by atoms with Gasteiger partial charge in [-0.1, -0.05) is 6.92 Å². The van der Waals surface area contributed by atoms with Crippen LogP contribution in [-0.2, 0) is 9.47 Å². The van der Waals surface area contributed by atoms with Gasteiger partial charge in [-0.15, -0.1) is 0 Å². The van der Waals surface area contributed by atoms with E-state index in [1.165, 1.54) is 0 Å². The first-order valence-electron chi connectivity index (χ1n) is 6.22. The zero-order chi connectivity index (χ0) is 15.4. The Morgan fingerprint density at radius 2 is 1.80 bits per heavy atom. The molecule has 9 heteroatoms. The molecule has 0 saturated carbocycles. The van der Waals surface area contributed by atoms with E-state index in [1.807, 2.05) is 0 Å². The van der Waals surface area contributed by atoms with Crippen LogP contribution in [-0.4, -0.2) is 50.9 Å². The Bertz CT molecular complexity index is 274. The van der Waals surface area contributed by atoms with Gasteiger partial charge in [0, 0.05) is 18.6 Å². The van der Waals surface area contributed by atoms with Gasteiger partial charge in [0.1, 0.15) is 0 Å². The zero-order valence-electron chi connectivity index (χ0n) is 10.9. The molecule has 1 aliphatic rings. The van der Waals surface area contributed by atoms with Crippen molar-refractivity contribution in [2.75, 3.05) is 26.4 Å². The molecular formula is C11H17F6NO2. The van der Waals surface area contributed by atoms with Gasteiger partial charge in [0.2, 0.25) is 6.10 Å². The van der Waals surface area contributed by atoms with Crippen LogP contribution in [0.15, 0.2) is 0 Å². The molecule has 0 aromatic carbocycles. The second kappa shape index (κ2) is 6.95. The highest BCUT2D eigenvalue weighted by Gasteiger charge is 2.58. The van der Waals surface area contributed by atoms with E-state index in [0.29, 0.717) is 26.2 Å². The maximum atomic E-state index is 12.3. The fourth-order valence-corrected chi connectivity index (χ4v) is 2.07. The van der Waals surface area contributed by atoms with Crippen LogP contribution in [0.5, 0.6) is 0 Å². The van der Waals surface area contributed by atoms with Gasteiger partial charge in [0.15, 0.2) is 0 Å². The minimum absolute atomic E-state index is 0.142. The van der Waals surface area contributed by atoms with E-state index in [2.05, 4.69) is 10.1 Å². The van der Waals surface area contributed by atoms with Crippen LogP contribution in [0.2, 0.25) is 0 Å². The van der Waals surface area contributed by atoms with Crippen molar-refractivity contribution in [2.45, 2.75) is 37.8 Å². The van der Waals surface area contributed by atoms with Crippen LogP contribution in [0.25, 0.3) is 0 Å². The van der Waals surface area contributed by atoms with Crippen LogP contribution in [0.4, 0.5) is 26.3 Å². The molecule has 1 heterocycles. The summed E-state index contributed by atoms with van der Waals surface area (Å²) in [7, 11) is 0. The van der Waals surface area contributed by atoms with Gasteiger partial charge in [-0.25, -0.2) is 0 Å². The van der Waals surface area contributed by atoms with Crippen molar-refractivity contribution in [2.24, 2.45) is 5.92 Å². The molecule has 2 unspecified atom stereocenters. The van der Waals surface area contributed by atoms with Crippen molar-refractivity contribution in [3.63, 3.8) is 0 Å². The van der Waals surface area contributed by atoms with Gasteiger partial charge in [-0.05, 0) is 13.0 Å². The molecule has 1 aliphatic heterocycles. The topological polar surface area (TPSA) is 30.5 Å². The Morgan fingerprint density at radius 1 is 1.20 bits per heavy atom. The van der Waals surface area contributed by atoms with Crippen LogP contribution in [0.1, 0.15) is 13.3 Å². The number of likely N-dealkylation sites (N-methyl/N-ethyl adjacent to an activating group) is 1. The molecule has 0 aliphatic carbocycles. The maximum Gasteiger partial charge on any atom is 0.423 e. The van der Waals surface area contributed by atoms with E-state index >= 15 is 0 Å². The molecule has 2 atom stereocenters. The van der Waals surface area contributed by atoms with E-state index < -0.39 is 31.1 Å². The SMILES string of the molecule is CCNC(COC(C(F)(F)F)C(F)(F)F)C1CCOC1. The lowest BCUT2D eigenvalue weighted by molar-refractivity contribution is -0.323. The number of rotatable bonds is 6. The quantitative estimate of drug-likeness (QED) is 0.765. The fraction of sp³-hybridized carbons (Fsp3) is 1.00. The van der Waals surface area contributed by atoms with Crippen molar-refractivity contribution in [1.82, 2.24) is 5.32 Å². The Morgan fingerprint density at radius 3 is 2.20 bits per heavy atom. The normalized spacial score (nSPS) is 22.5. The lowest BCUT2D eigenvalue weighted by Gasteiger charge is -2.28. The van der Waals surface area contributed by atoms with Gasteiger partial charge in [-0.3, -0.25) is 0 Å². The highest BCUT2D eigenvalue weighted by Crippen LogP contribution is 2.36. The monoisotopic (exact) mass is 309 g/mol. The summed E-state index contributed by atoms with van der Waals surface area (Å²) in [5.74, 6) is -0.142. The maximum absolute atomic E-state index is 12.3. The zero-order valence-corrected chi connectivity index (χ0v) is 10.9. The van der Waals surface area contributed by atoms with Crippen LogP contribution in [0.3, 0.4) is 0 Å². The summed E-state index contributed by atoms with van der Waals surface area (Å²) < 4.78 is 83.3. The predicted molar refractivity (Wildman–Crippen MR) is 58.2 cm³/mol. The molecule has 20 heavy (non-hydrogen) atoms. The molecule has 0 aromatic heterocycles. The Balaban J connectivity index is 2.63. The van der Waals surface area contributed by atoms with Crippen LogP contribution < -0.4 is 5.32 Å². The van der Waals surface area contributed by atoms with Crippen LogP contribution in [0, 0.1) is 5.92 Å². The molecule has 0 aromatic rings. The standard InChI is InChI=1S/C11H17F6NO2/c1-2-18-8(7-3-4-19-5-7)6-20-9(10(12,13)14)11(15,16)17/h7-9,18H,2-6H2,1H3. The van der Waals surface area contributed by atoms with Crippen LogP contribution >= 0.6 is 0 Å². The summed E-state index contributed by atoms with van der Waals surface area (Å²) in [6.07, 6.45) is -14.1. The molecule has 1 N–H and O–H groups in total. The van der Waals surface area contributed by atoms with E-state index in [-0.39, 0.29) is 5.92 Å². The summed E-state index contributed by atoms with van der Waals surface area (Å²) in [5.41, 5.74) is 0. The van der Waals surface area contributed by atoms with E-state index in [1.54, 1.807) is 6.92 Å². The predicted octanol–water partition coefficient (Wildman–Crippen LogP) is 2.51. The summed E-state index contributed by atoms with van der Waals surface area (Å²) >= 11 is 0. The number of hydrogen-bond donors (Lipinski definition) is 1. The smallest absolute Gasteiger partial charge is 0.381 e. The minimum atomic E-state index is -5.47. The Hall–Kier alpha value is -0.540. The first-order valence-corrected chi connectivity index (χ1v) is 6.22. The van der Waals surface area contributed by atoms with Gasteiger partial charge in [0.05, 0.1) is 13.2 Å². The Kier molecular flexibility index (Phi) is 6.08. The molecular weight excluding hydrogens is 292 g/mol. The first-order chi connectivity index (χ1) is 9.16. The summed E-state index contributed by atoms with van der Waals surface area (Å²) in [5, 5.41) is 2.84. The summed E-state index contributed by atoms with van der Waals surface area (Å²) in [6.45, 7) is 2.24. The molecule has 0 radical (unpaired) electrons. The minimum Gasteiger partial charge on any atom is -0.381 e. The number of alkyl halides is 6. The van der Waals surface area contributed by atoms with Crippen molar-refractivity contribution in [1.29, 1.82) is 0 Å². The number of hydrogen-bond acceptors (Lipinski definition) is 3. The molecule has 120 valence electrons. The van der Waals surface area contributed by atoms with Crippen molar-refractivity contribution < 1.29 is 35.8 Å². The first kappa shape index (κ1) is 17.5. The average molecular weight is 309 g/mol. The van der Waals surface area contributed by atoms with Crippen molar-refractivity contribution in [3.05, 3.63) is 0 Å². The summed E-state index contributed by atoms with van der Waals surface area (Å²) in [4.78, 5) is 0. The molecule has 1 fully saturated rings. The van der Waals surface area contributed by atoms with E-state index in [9.17, 15) is 26.3 Å². The molecule has 1 rings (SSSR count). The van der Waals surface area contributed by atoms with E-state index in [0.717, 1.165) is 0 Å². The van der Waals surface area contributed by atoms with Gasteiger partial charge >= 0.3 is 12.4 Å². The number of ether oxygens (including phenoxy) is 2. The molecule has 0 bridgehead atoms. The number of halogens is 6. The third kappa shape index (κ3) is 5.10. The second-order valence-corrected chi connectivity index (χ2v) is 4.58. The highest BCUT2D eigenvalue weighted by molar-refractivity contribution is 4.82.